The standard InChI is InChI=1S/C19H18F2N4O2/c1-2-17(26)24-16-12-25(9-6-19(16,20)21)18(27)14-5-3-4-13(10-14)15-11-22-7-8-23-15/h2-5,7-8,10-11,16H,1,6,9,12H2,(H,24,26). The number of hydrogen-bond donors (Lipinski definition) is 1. The van der Waals surface area contributed by atoms with E-state index in [0.717, 1.165) is 6.08 Å². The molecule has 0 aliphatic carbocycles. The minimum Gasteiger partial charge on any atom is -0.342 e. The number of likely N-dealkylation sites (tertiary alicyclic amines) is 1. The van der Waals surface area contributed by atoms with Crippen molar-refractivity contribution in [1.29, 1.82) is 0 Å². The summed E-state index contributed by atoms with van der Waals surface area (Å²) in [5.74, 6) is -4.16. The Bertz CT molecular complexity index is 858. The summed E-state index contributed by atoms with van der Waals surface area (Å²) in [4.78, 5) is 33.8. The molecule has 1 unspecified atom stereocenters. The van der Waals surface area contributed by atoms with Gasteiger partial charge in [-0.2, -0.15) is 0 Å². The first-order chi connectivity index (χ1) is 12.9. The Hall–Kier alpha value is -3.16. The number of carbonyl (C=O) groups is 2. The van der Waals surface area contributed by atoms with Crippen molar-refractivity contribution in [1.82, 2.24) is 20.2 Å². The van der Waals surface area contributed by atoms with Gasteiger partial charge in [0.2, 0.25) is 5.91 Å². The third-order valence-corrected chi connectivity index (χ3v) is 4.39. The number of piperidine rings is 1. The molecule has 8 heteroatoms. The highest BCUT2D eigenvalue weighted by Gasteiger charge is 2.45. The lowest BCUT2D eigenvalue weighted by Crippen LogP contribution is -2.59. The minimum atomic E-state index is -3.09. The molecule has 27 heavy (non-hydrogen) atoms. The van der Waals surface area contributed by atoms with E-state index in [1.54, 1.807) is 42.9 Å². The van der Waals surface area contributed by atoms with Crippen LogP contribution in [0.3, 0.4) is 0 Å². The Kier molecular flexibility index (Phi) is 5.25. The van der Waals surface area contributed by atoms with Crippen LogP contribution >= 0.6 is 0 Å². The van der Waals surface area contributed by atoms with Crippen LogP contribution in [0.25, 0.3) is 11.3 Å². The zero-order valence-electron chi connectivity index (χ0n) is 14.4. The molecule has 3 rings (SSSR count). The van der Waals surface area contributed by atoms with Crippen molar-refractivity contribution in [2.45, 2.75) is 18.4 Å². The van der Waals surface area contributed by atoms with Gasteiger partial charge in [-0.25, -0.2) is 8.78 Å². The van der Waals surface area contributed by atoms with Gasteiger partial charge < -0.3 is 10.2 Å². The van der Waals surface area contributed by atoms with Gasteiger partial charge in [0.05, 0.1) is 11.9 Å². The van der Waals surface area contributed by atoms with Crippen LogP contribution in [-0.2, 0) is 4.79 Å². The fourth-order valence-electron chi connectivity index (χ4n) is 2.91. The SMILES string of the molecule is C=CC(=O)NC1CN(C(=O)c2cccc(-c3cnccn3)c2)CCC1(F)F. The number of carbonyl (C=O) groups excluding carboxylic acids is 2. The predicted octanol–water partition coefficient (Wildman–Crippen LogP) is 2.30. The first-order valence-corrected chi connectivity index (χ1v) is 8.37. The molecular weight excluding hydrogens is 354 g/mol. The maximum absolute atomic E-state index is 14.1. The van der Waals surface area contributed by atoms with E-state index in [-0.39, 0.29) is 19.0 Å². The van der Waals surface area contributed by atoms with Crippen molar-refractivity contribution in [3.8, 4) is 11.3 Å². The molecule has 0 saturated carbocycles. The number of halogens is 2. The first-order valence-electron chi connectivity index (χ1n) is 8.37. The lowest BCUT2D eigenvalue weighted by molar-refractivity contribution is -0.124. The van der Waals surface area contributed by atoms with Gasteiger partial charge in [0, 0.05) is 43.0 Å². The maximum Gasteiger partial charge on any atom is 0.271 e. The van der Waals surface area contributed by atoms with E-state index in [9.17, 15) is 18.4 Å². The Labute approximate surface area is 154 Å². The van der Waals surface area contributed by atoms with Gasteiger partial charge in [-0.1, -0.05) is 18.7 Å². The Morgan fingerprint density at radius 2 is 2.15 bits per heavy atom. The van der Waals surface area contributed by atoms with Crippen molar-refractivity contribution in [3.05, 3.63) is 61.1 Å². The number of hydrogen-bond acceptors (Lipinski definition) is 4. The lowest BCUT2D eigenvalue weighted by atomic mass is 9.99. The number of aromatic nitrogens is 2. The summed E-state index contributed by atoms with van der Waals surface area (Å²) in [5.41, 5.74) is 1.67. The van der Waals surface area contributed by atoms with Gasteiger partial charge in [0.1, 0.15) is 6.04 Å². The molecule has 1 atom stereocenters. The van der Waals surface area contributed by atoms with Gasteiger partial charge in [-0.15, -0.1) is 0 Å². The van der Waals surface area contributed by atoms with Crippen LogP contribution in [0.15, 0.2) is 55.5 Å². The van der Waals surface area contributed by atoms with E-state index in [4.69, 9.17) is 0 Å². The summed E-state index contributed by atoms with van der Waals surface area (Å²) in [5, 5.41) is 2.21. The van der Waals surface area contributed by atoms with E-state index in [1.807, 2.05) is 0 Å². The Morgan fingerprint density at radius 3 is 2.85 bits per heavy atom. The second-order valence-corrected chi connectivity index (χ2v) is 6.20. The number of alkyl halides is 2. The summed E-state index contributed by atoms with van der Waals surface area (Å²) in [6.07, 6.45) is 5.07. The zero-order chi connectivity index (χ0) is 19.4. The summed E-state index contributed by atoms with van der Waals surface area (Å²) in [6, 6.07) is 5.30. The summed E-state index contributed by atoms with van der Waals surface area (Å²) in [7, 11) is 0. The monoisotopic (exact) mass is 372 g/mol. The summed E-state index contributed by atoms with van der Waals surface area (Å²) < 4.78 is 28.2. The van der Waals surface area contributed by atoms with Crippen molar-refractivity contribution in [3.63, 3.8) is 0 Å². The van der Waals surface area contributed by atoms with Crippen molar-refractivity contribution < 1.29 is 18.4 Å². The van der Waals surface area contributed by atoms with Crippen molar-refractivity contribution >= 4 is 11.8 Å². The highest BCUT2D eigenvalue weighted by molar-refractivity contribution is 5.95. The average Bonchev–Trinajstić information content (AvgIpc) is 2.69. The van der Waals surface area contributed by atoms with Crippen LogP contribution in [0.5, 0.6) is 0 Å². The summed E-state index contributed by atoms with van der Waals surface area (Å²) in [6.45, 7) is 2.89. The zero-order valence-corrected chi connectivity index (χ0v) is 14.4. The molecule has 0 bridgehead atoms. The van der Waals surface area contributed by atoms with Crippen LogP contribution in [0.4, 0.5) is 8.78 Å². The molecule has 0 radical (unpaired) electrons. The quantitative estimate of drug-likeness (QED) is 0.836. The van der Waals surface area contributed by atoms with Gasteiger partial charge >= 0.3 is 0 Å². The van der Waals surface area contributed by atoms with Crippen LogP contribution in [0.1, 0.15) is 16.8 Å². The van der Waals surface area contributed by atoms with Gasteiger partial charge in [-0.05, 0) is 18.2 Å². The molecule has 2 aromatic rings. The normalized spacial score (nSPS) is 18.6. The Balaban J connectivity index is 1.79. The lowest BCUT2D eigenvalue weighted by Gasteiger charge is -2.38. The molecule has 1 aromatic carbocycles. The molecular formula is C19H18F2N4O2. The van der Waals surface area contributed by atoms with Crippen LogP contribution < -0.4 is 5.32 Å². The van der Waals surface area contributed by atoms with Gasteiger partial charge in [0.15, 0.2) is 0 Å². The highest BCUT2D eigenvalue weighted by Crippen LogP contribution is 2.29. The van der Waals surface area contributed by atoms with E-state index < -0.39 is 24.3 Å². The van der Waals surface area contributed by atoms with Gasteiger partial charge in [-0.3, -0.25) is 19.6 Å². The van der Waals surface area contributed by atoms with Crippen LogP contribution in [-0.4, -0.2) is 51.7 Å². The molecule has 1 aliphatic heterocycles. The highest BCUT2D eigenvalue weighted by atomic mass is 19.3. The second kappa shape index (κ2) is 7.61. The number of rotatable bonds is 4. The van der Waals surface area contributed by atoms with Crippen molar-refractivity contribution in [2.75, 3.05) is 13.1 Å². The largest absolute Gasteiger partial charge is 0.342 e. The van der Waals surface area contributed by atoms with E-state index >= 15 is 0 Å². The van der Waals surface area contributed by atoms with E-state index in [1.165, 1.54) is 4.90 Å². The maximum atomic E-state index is 14.1. The topological polar surface area (TPSA) is 75.2 Å². The third kappa shape index (κ3) is 4.16. The number of nitrogens with one attached hydrogen (secondary N) is 1. The smallest absolute Gasteiger partial charge is 0.271 e. The third-order valence-electron chi connectivity index (χ3n) is 4.39. The summed E-state index contributed by atoms with van der Waals surface area (Å²) >= 11 is 0. The van der Waals surface area contributed by atoms with Crippen LogP contribution in [0, 0.1) is 0 Å². The fourth-order valence-corrected chi connectivity index (χ4v) is 2.91. The Morgan fingerprint density at radius 1 is 1.33 bits per heavy atom. The fraction of sp³-hybridized carbons (Fsp3) is 0.263. The number of benzene rings is 1. The predicted molar refractivity (Wildman–Crippen MR) is 95.1 cm³/mol. The van der Waals surface area contributed by atoms with Crippen molar-refractivity contribution in [2.24, 2.45) is 0 Å². The molecule has 1 aliphatic rings. The number of amides is 2. The molecule has 1 N–H and O–H groups in total. The average molecular weight is 372 g/mol. The minimum absolute atomic E-state index is 0.0956. The molecule has 1 aromatic heterocycles. The molecule has 1 fully saturated rings. The van der Waals surface area contributed by atoms with E-state index in [0.29, 0.717) is 16.8 Å². The van der Waals surface area contributed by atoms with Gasteiger partial charge in [0.25, 0.3) is 11.8 Å². The number of nitrogens with zero attached hydrogens (tertiary/aromatic N) is 3. The second-order valence-electron chi connectivity index (χ2n) is 6.20. The van der Waals surface area contributed by atoms with E-state index in [2.05, 4.69) is 21.9 Å². The molecule has 2 heterocycles. The molecule has 0 spiro atoms. The first kappa shape index (κ1) is 18.6. The molecule has 1 saturated heterocycles. The molecule has 6 nitrogen and oxygen atoms in total. The molecule has 2 amide bonds. The van der Waals surface area contributed by atoms with Crippen LogP contribution in [0.2, 0.25) is 0 Å². The molecule has 140 valence electrons.